The van der Waals surface area contributed by atoms with Crippen molar-refractivity contribution in [1.82, 2.24) is 10.2 Å². The molecule has 2 atom stereocenters. The van der Waals surface area contributed by atoms with Gasteiger partial charge in [0, 0.05) is 18.7 Å². The predicted molar refractivity (Wildman–Crippen MR) is 66.7 cm³/mol. The zero-order chi connectivity index (χ0) is 13.4. The molecular weight excluding hydrogens is 250 g/mol. The molecular formula is C14H16F2N2O. The van der Waals surface area contributed by atoms with E-state index >= 15 is 0 Å². The molecule has 0 bridgehead atoms. The number of fused-ring (bicyclic) bond motifs is 1. The van der Waals surface area contributed by atoms with E-state index in [-0.39, 0.29) is 11.5 Å². The van der Waals surface area contributed by atoms with Crippen LogP contribution in [-0.4, -0.2) is 37.0 Å². The molecule has 3 nitrogen and oxygen atoms in total. The first-order valence-corrected chi connectivity index (χ1v) is 6.60. The molecule has 0 radical (unpaired) electrons. The van der Waals surface area contributed by atoms with Crippen molar-refractivity contribution < 1.29 is 13.6 Å². The molecule has 0 spiro atoms. The van der Waals surface area contributed by atoms with E-state index in [4.69, 9.17) is 0 Å². The van der Waals surface area contributed by atoms with E-state index in [1.807, 2.05) is 0 Å². The van der Waals surface area contributed by atoms with Gasteiger partial charge in [-0.1, -0.05) is 0 Å². The second kappa shape index (κ2) is 4.89. The Balaban J connectivity index is 1.74. The van der Waals surface area contributed by atoms with Gasteiger partial charge in [-0.15, -0.1) is 0 Å². The van der Waals surface area contributed by atoms with E-state index in [1.165, 1.54) is 6.07 Å². The van der Waals surface area contributed by atoms with Crippen LogP contribution >= 0.6 is 0 Å². The summed E-state index contributed by atoms with van der Waals surface area (Å²) in [5.74, 6) is -0.959. The van der Waals surface area contributed by atoms with Gasteiger partial charge in [-0.3, -0.25) is 4.79 Å². The van der Waals surface area contributed by atoms with E-state index in [0.717, 1.165) is 31.6 Å². The lowest BCUT2D eigenvalue weighted by molar-refractivity contribution is 0.0642. The number of rotatable bonds is 1. The summed E-state index contributed by atoms with van der Waals surface area (Å²) in [6, 6.07) is 3.34. The topological polar surface area (TPSA) is 32.3 Å². The number of benzene rings is 1. The van der Waals surface area contributed by atoms with Crippen LogP contribution in [0.3, 0.4) is 0 Å². The van der Waals surface area contributed by atoms with Crippen molar-refractivity contribution >= 4 is 5.91 Å². The summed E-state index contributed by atoms with van der Waals surface area (Å²) in [6.07, 6.45) is 0.979. The van der Waals surface area contributed by atoms with E-state index < -0.39 is 11.6 Å². The lowest BCUT2D eigenvalue weighted by Crippen LogP contribution is -2.43. The van der Waals surface area contributed by atoms with Crippen LogP contribution in [0.5, 0.6) is 0 Å². The lowest BCUT2D eigenvalue weighted by atomic mass is 9.88. The van der Waals surface area contributed by atoms with Gasteiger partial charge in [0.25, 0.3) is 5.91 Å². The predicted octanol–water partition coefficient (Wildman–Crippen LogP) is 1.65. The quantitative estimate of drug-likeness (QED) is 0.838. The summed E-state index contributed by atoms with van der Waals surface area (Å²) < 4.78 is 26.0. The molecule has 5 heteroatoms. The first-order valence-electron chi connectivity index (χ1n) is 6.60. The fraction of sp³-hybridized carbons (Fsp3) is 0.500. The van der Waals surface area contributed by atoms with Gasteiger partial charge in [-0.2, -0.15) is 0 Å². The summed E-state index contributed by atoms with van der Waals surface area (Å²) >= 11 is 0. The van der Waals surface area contributed by atoms with Gasteiger partial charge < -0.3 is 10.2 Å². The molecule has 0 aromatic heterocycles. The highest BCUT2D eigenvalue weighted by molar-refractivity contribution is 5.94. The van der Waals surface area contributed by atoms with Gasteiger partial charge in [-0.25, -0.2) is 8.78 Å². The van der Waals surface area contributed by atoms with Crippen LogP contribution in [0.4, 0.5) is 8.78 Å². The number of amides is 1. The van der Waals surface area contributed by atoms with Crippen molar-refractivity contribution in [3.05, 3.63) is 35.4 Å². The third kappa shape index (κ3) is 2.34. The molecule has 2 fully saturated rings. The van der Waals surface area contributed by atoms with Gasteiger partial charge >= 0.3 is 0 Å². The Morgan fingerprint density at radius 1 is 1.21 bits per heavy atom. The summed E-state index contributed by atoms with van der Waals surface area (Å²) in [7, 11) is 0. The molecule has 1 aromatic carbocycles. The second-order valence-electron chi connectivity index (χ2n) is 5.35. The number of nitrogens with one attached hydrogen (secondary N) is 1. The molecule has 0 saturated carbocycles. The Kier molecular flexibility index (Phi) is 3.22. The third-order valence-corrected chi connectivity index (χ3v) is 4.16. The first-order chi connectivity index (χ1) is 9.15. The number of halogens is 2. The minimum Gasteiger partial charge on any atom is -0.338 e. The number of carbonyl (C=O) groups is 1. The van der Waals surface area contributed by atoms with Crippen LogP contribution in [0.25, 0.3) is 0 Å². The van der Waals surface area contributed by atoms with Gasteiger partial charge in [0.1, 0.15) is 0 Å². The van der Waals surface area contributed by atoms with Crippen molar-refractivity contribution in [3.8, 4) is 0 Å². The average molecular weight is 266 g/mol. The van der Waals surface area contributed by atoms with E-state index in [1.54, 1.807) is 4.90 Å². The van der Waals surface area contributed by atoms with E-state index in [0.29, 0.717) is 24.9 Å². The van der Waals surface area contributed by atoms with Crippen molar-refractivity contribution in [2.75, 3.05) is 26.2 Å². The molecule has 1 aromatic rings. The van der Waals surface area contributed by atoms with Crippen molar-refractivity contribution in [2.24, 2.45) is 11.8 Å². The number of carbonyl (C=O) groups excluding carboxylic acids is 1. The minimum atomic E-state index is -0.969. The fourth-order valence-corrected chi connectivity index (χ4v) is 3.03. The Labute approximate surface area is 110 Å². The number of piperidine rings is 1. The highest BCUT2D eigenvalue weighted by Crippen LogP contribution is 2.27. The molecule has 3 rings (SSSR count). The van der Waals surface area contributed by atoms with Crippen LogP contribution in [0.2, 0.25) is 0 Å². The maximum absolute atomic E-state index is 13.2. The zero-order valence-electron chi connectivity index (χ0n) is 10.5. The molecule has 2 aliphatic rings. The fourth-order valence-electron chi connectivity index (χ4n) is 3.03. The second-order valence-corrected chi connectivity index (χ2v) is 5.35. The van der Waals surface area contributed by atoms with E-state index in [9.17, 15) is 13.6 Å². The van der Waals surface area contributed by atoms with Crippen LogP contribution in [0, 0.1) is 23.5 Å². The van der Waals surface area contributed by atoms with Gasteiger partial charge in [0.2, 0.25) is 0 Å². The maximum atomic E-state index is 13.2. The highest BCUT2D eigenvalue weighted by atomic mass is 19.2. The molecule has 102 valence electrons. The Hall–Kier alpha value is -1.49. The summed E-state index contributed by atoms with van der Waals surface area (Å²) in [5, 5.41) is 3.33. The van der Waals surface area contributed by atoms with Gasteiger partial charge in [0.05, 0.1) is 0 Å². The largest absolute Gasteiger partial charge is 0.338 e. The Morgan fingerprint density at radius 3 is 2.79 bits per heavy atom. The van der Waals surface area contributed by atoms with Crippen LogP contribution in [0.1, 0.15) is 16.8 Å². The number of nitrogens with zero attached hydrogens (tertiary/aromatic N) is 1. The van der Waals surface area contributed by atoms with Gasteiger partial charge in [0.15, 0.2) is 11.6 Å². The Morgan fingerprint density at radius 2 is 2.00 bits per heavy atom. The van der Waals surface area contributed by atoms with Crippen LogP contribution in [0.15, 0.2) is 18.2 Å². The van der Waals surface area contributed by atoms with Crippen molar-refractivity contribution in [1.29, 1.82) is 0 Å². The molecule has 2 saturated heterocycles. The minimum absolute atomic E-state index is 0.204. The van der Waals surface area contributed by atoms with Crippen molar-refractivity contribution in [3.63, 3.8) is 0 Å². The molecule has 1 N–H and O–H groups in total. The van der Waals surface area contributed by atoms with Gasteiger partial charge in [-0.05, 0) is 49.5 Å². The average Bonchev–Trinajstić information content (AvgIpc) is 2.88. The molecule has 2 aliphatic heterocycles. The van der Waals surface area contributed by atoms with Crippen LogP contribution in [-0.2, 0) is 0 Å². The maximum Gasteiger partial charge on any atom is 0.253 e. The number of likely N-dealkylation sites (tertiary alicyclic amines) is 1. The number of hydrogen-bond donors (Lipinski definition) is 1. The standard InChI is InChI=1S/C14H16F2N2O/c15-12-2-1-9(5-13(12)16)14(19)18-4-3-10-6-17-7-11(10)8-18/h1-2,5,10-11,17H,3-4,6-8H2. The first kappa shape index (κ1) is 12.5. The molecule has 2 heterocycles. The summed E-state index contributed by atoms with van der Waals surface area (Å²) in [4.78, 5) is 14.0. The van der Waals surface area contributed by atoms with Crippen molar-refractivity contribution in [2.45, 2.75) is 6.42 Å². The van der Waals surface area contributed by atoms with Crippen LogP contribution < -0.4 is 5.32 Å². The molecule has 19 heavy (non-hydrogen) atoms. The summed E-state index contributed by atoms with van der Waals surface area (Å²) in [6.45, 7) is 3.36. The molecule has 1 amide bonds. The lowest BCUT2D eigenvalue weighted by Gasteiger charge is -2.34. The normalized spacial score (nSPS) is 26.3. The summed E-state index contributed by atoms with van der Waals surface area (Å²) in [5.41, 5.74) is 0.225. The monoisotopic (exact) mass is 266 g/mol. The Bertz CT molecular complexity index is 506. The highest BCUT2D eigenvalue weighted by Gasteiger charge is 2.34. The third-order valence-electron chi connectivity index (χ3n) is 4.16. The number of hydrogen-bond acceptors (Lipinski definition) is 2. The SMILES string of the molecule is O=C(c1ccc(F)c(F)c1)N1CCC2CNCC2C1. The zero-order valence-corrected chi connectivity index (χ0v) is 10.5. The smallest absolute Gasteiger partial charge is 0.253 e. The molecule has 0 aliphatic carbocycles. The molecule has 2 unspecified atom stereocenters. The van der Waals surface area contributed by atoms with E-state index in [2.05, 4.69) is 5.32 Å².